The number of phenolic OH excluding ortho intramolecular Hbond substituents is 2. The monoisotopic (exact) mass is 315 g/mol. The molecule has 2 heterocycles. The molecule has 1 aromatic heterocycles. The fraction of sp³-hybridized carbons (Fsp3) is 0.444. The van der Waals surface area contributed by atoms with Gasteiger partial charge in [0.15, 0.2) is 11.5 Å². The Kier molecular flexibility index (Phi) is 3.39. The second-order valence-electron chi connectivity index (χ2n) is 6.40. The minimum atomic E-state index is -0.00291. The number of hydrogen-bond acceptors (Lipinski definition) is 4. The summed E-state index contributed by atoms with van der Waals surface area (Å²) in [4.78, 5) is 1.46. The summed E-state index contributed by atoms with van der Waals surface area (Å²) in [7, 11) is 0. The molecule has 0 amide bonds. The van der Waals surface area contributed by atoms with Crippen molar-refractivity contribution in [3.05, 3.63) is 44.6 Å². The first-order valence-electron chi connectivity index (χ1n) is 8.06. The molecule has 4 rings (SSSR count). The quantitative estimate of drug-likeness (QED) is 0.741. The Balaban J connectivity index is 1.84. The van der Waals surface area contributed by atoms with Crippen LogP contribution in [0.2, 0.25) is 0 Å². The molecule has 0 radical (unpaired) electrons. The first-order chi connectivity index (χ1) is 10.7. The van der Waals surface area contributed by atoms with E-state index in [1.54, 1.807) is 12.1 Å². The Morgan fingerprint density at radius 1 is 1.27 bits per heavy atom. The molecule has 4 heteroatoms. The third-order valence-electron chi connectivity index (χ3n) is 5.05. The van der Waals surface area contributed by atoms with Crippen molar-refractivity contribution in [1.82, 2.24) is 5.32 Å². The summed E-state index contributed by atoms with van der Waals surface area (Å²) in [6, 6.07) is 3.96. The van der Waals surface area contributed by atoms with Crippen molar-refractivity contribution in [3.63, 3.8) is 0 Å². The van der Waals surface area contributed by atoms with E-state index in [1.807, 2.05) is 11.3 Å². The van der Waals surface area contributed by atoms with Crippen molar-refractivity contribution in [2.75, 3.05) is 0 Å². The number of benzene rings is 1. The van der Waals surface area contributed by atoms with Crippen LogP contribution < -0.4 is 5.32 Å². The summed E-state index contributed by atoms with van der Waals surface area (Å²) < 4.78 is 0. The molecule has 22 heavy (non-hydrogen) atoms. The van der Waals surface area contributed by atoms with Crippen LogP contribution in [0.1, 0.15) is 52.8 Å². The molecule has 0 bridgehead atoms. The van der Waals surface area contributed by atoms with Crippen molar-refractivity contribution >= 4 is 11.3 Å². The average molecular weight is 315 g/mol. The molecular weight excluding hydrogens is 294 g/mol. The average Bonchev–Trinajstić information content (AvgIpc) is 2.92. The maximum atomic E-state index is 9.94. The smallest absolute Gasteiger partial charge is 0.157 e. The van der Waals surface area contributed by atoms with Crippen molar-refractivity contribution in [3.8, 4) is 11.5 Å². The molecule has 0 fully saturated rings. The molecule has 116 valence electrons. The van der Waals surface area contributed by atoms with E-state index in [9.17, 15) is 10.2 Å². The SMILES string of the molecule is CCCc1csc2c1CN[C@@H]1CCc3cc(O)c(O)cc3[C@@H]21. The van der Waals surface area contributed by atoms with Gasteiger partial charge in [-0.15, -0.1) is 11.3 Å². The van der Waals surface area contributed by atoms with E-state index in [1.165, 1.54) is 33.6 Å². The molecule has 0 saturated carbocycles. The summed E-state index contributed by atoms with van der Waals surface area (Å²) >= 11 is 1.87. The highest BCUT2D eigenvalue weighted by atomic mass is 32.1. The van der Waals surface area contributed by atoms with Crippen molar-refractivity contribution in [2.45, 2.75) is 51.1 Å². The van der Waals surface area contributed by atoms with E-state index in [-0.39, 0.29) is 11.5 Å². The zero-order chi connectivity index (χ0) is 15.3. The van der Waals surface area contributed by atoms with E-state index in [0.29, 0.717) is 12.0 Å². The predicted octanol–water partition coefficient (Wildman–Crippen LogP) is 3.66. The van der Waals surface area contributed by atoms with Crippen LogP contribution in [0.25, 0.3) is 0 Å². The third-order valence-corrected chi connectivity index (χ3v) is 6.21. The maximum Gasteiger partial charge on any atom is 0.157 e. The molecule has 2 aromatic rings. The van der Waals surface area contributed by atoms with Crippen molar-refractivity contribution in [2.24, 2.45) is 0 Å². The lowest BCUT2D eigenvalue weighted by atomic mass is 9.75. The Hall–Kier alpha value is -1.52. The van der Waals surface area contributed by atoms with Gasteiger partial charge in [0.1, 0.15) is 0 Å². The predicted molar refractivity (Wildman–Crippen MR) is 88.9 cm³/mol. The van der Waals surface area contributed by atoms with Crippen LogP contribution in [0.4, 0.5) is 0 Å². The van der Waals surface area contributed by atoms with E-state index in [2.05, 4.69) is 17.6 Å². The lowest BCUT2D eigenvalue weighted by Crippen LogP contribution is -2.42. The van der Waals surface area contributed by atoms with Gasteiger partial charge in [-0.05, 0) is 59.0 Å². The van der Waals surface area contributed by atoms with Gasteiger partial charge in [0, 0.05) is 23.4 Å². The molecular formula is C18H21NO2S. The maximum absolute atomic E-state index is 9.94. The van der Waals surface area contributed by atoms with Crippen LogP contribution in [-0.2, 0) is 19.4 Å². The third kappa shape index (κ3) is 2.05. The molecule has 2 atom stereocenters. The summed E-state index contributed by atoms with van der Waals surface area (Å²) in [5.74, 6) is 0.311. The summed E-state index contributed by atoms with van der Waals surface area (Å²) in [6.07, 6.45) is 4.35. The van der Waals surface area contributed by atoms with Gasteiger partial charge in [-0.1, -0.05) is 13.3 Å². The second kappa shape index (κ2) is 5.28. The van der Waals surface area contributed by atoms with Crippen molar-refractivity contribution in [1.29, 1.82) is 0 Å². The highest BCUT2D eigenvalue weighted by Crippen LogP contribution is 2.46. The molecule has 2 aliphatic rings. The van der Waals surface area contributed by atoms with Gasteiger partial charge in [-0.25, -0.2) is 0 Å². The van der Waals surface area contributed by atoms with E-state index in [0.717, 1.165) is 25.8 Å². The van der Waals surface area contributed by atoms with Crippen LogP contribution in [0, 0.1) is 0 Å². The summed E-state index contributed by atoms with van der Waals surface area (Å²) in [5.41, 5.74) is 5.30. The zero-order valence-electron chi connectivity index (χ0n) is 12.7. The highest BCUT2D eigenvalue weighted by molar-refractivity contribution is 7.10. The number of nitrogens with one attached hydrogen (secondary N) is 1. The summed E-state index contributed by atoms with van der Waals surface area (Å²) in [6.45, 7) is 3.19. The van der Waals surface area contributed by atoms with E-state index >= 15 is 0 Å². The number of thiophene rings is 1. The fourth-order valence-corrected chi connectivity index (χ4v) is 5.30. The van der Waals surface area contributed by atoms with Crippen LogP contribution in [0.3, 0.4) is 0 Å². The van der Waals surface area contributed by atoms with E-state index < -0.39 is 0 Å². The first-order valence-corrected chi connectivity index (χ1v) is 8.94. The number of fused-ring (bicyclic) bond motifs is 5. The number of aryl methyl sites for hydroxylation is 2. The Morgan fingerprint density at radius 2 is 2.09 bits per heavy atom. The molecule has 1 aliphatic carbocycles. The molecule has 3 nitrogen and oxygen atoms in total. The largest absolute Gasteiger partial charge is 0.504 e. The summed E-state index contributed by atoms with van der Waals surface area (Å²) in [5, 5.41) is 25.7. The minimum absolute atomic E-state index is 0.000885. The van der Waals surface area contributed by atoms with Gasteiger partial charge in [-0.2, -0.15) is 0 Å². The second-order valence-corrected chi connectivity index (χ2v) is 7.31. The topological polar surface area (TPSA) is 52.5 Å². The Labute approximate surface area is 134 Å². The number of phenols is 2. The molecule has 0 unspecified atom stereocenters. The van der Waals surface area contributed by atoms with Gasteiger partial charge in [0.25, 0.3) is 0 Å². The molecule has 0 spiro atoms. The lowest BCUT2D eigenvalue weighted by molar-refractivity contribution is 0.382. The van der Waals surface area contributed by atoms with Crippen molar-refractivity contribution < 1.29 is 10.2 Å². The minimum Gasteiger partial charge on any atom is -0.504 e. The van der Waals surface area contributed by atoms with E-state index in [4.69, 9.17) is 0 Å². The van der Waals surface area contributed by atoms with Gasteiger partial charge in [0.05, 0.1) is 0 Å². The molecule has 1 aliphatic heterocycles. The number of rotatable bonds is 2. The number of hydrogen-bond donors (Lipinski definition) is 3. The van der Waals surface area contributed by atoms with Gasteiger partial charge >= 0.3 is 0 Å². The molecule has 1 aromatic carbocycles. The molecule has 0 saturated heterocycles. The fourth-order valence-electron chi connectivity index (χ4n) is 3.99. The lowest BCUT2D eigenvalue weighted by Gasteiger charge is -2.38. The normalized spacial score (nSPS) is 22.8. The highest BCUT2D eigenvalue weighted by Gasteiger charge is 2.37. The van der Waals surface area contributed by atoms with Crippen LogP contribution >= 0.6 is 11.3 Å². The zero-order valence-corrected chi connectivity index (χ0v) is 13.5. The van der Waals surface area contributed by atoms with Gasteiger partial charge < -0.3 is 15.5 Å². The van der Waals surface area contributed by atoms with Crippen LogP contribution in [0.5, 0.6) is 11.5 Å². The van der Waals surface area contributed by atoms with Gasteiger partial charge in [-0.3, -0.25) is 0 Å². The number of aromatic hydroxyl groups is 2. The standard InChI is InChI=1S/C18H21NO2S/c1-2-3-11-9-22-18-13(11)8-19-14-5-4-10-6-15(20)16(21)7-12(10)17(14)18/h6-7,9,14,17,19-21H,2-5,8H2,1H3/t14-,17-/m1/s1. The Morgan fingerprint density at radius 3 is 2.91 bits per heavy atom. The van der Waals surface area contributed by atoms with Crippen LogP contribution in [0.15, 0.2) is 17.5 Å². The first kappa shape index (κ1) is 14.1. The van der Waals surface area contributed by atoms with Crippen LogP contribution in [-0.4, -0.2) is 16.3 Å². The van der Waals surface area contributed by atoms with Gasteiger partial charge in [0.2, 0.25) is 0 Å². The Bertz CT molecular complexity index is 722. The molecule has 3 N–H and O–H groups in total.